The van der Waals surface area contributed by atoms with E-state index in [1.54, 1.807) is 7.11 Å². The Balaban J connectivity index is 1.57. The molecule has 1 N–H and O–H groups in total. The Bertz CT molecular complexity index is 781. The number of aryl methyl sites for hydroxylation is 1. The second-order valence-corrected chi connectivity index (χ2v) is 7.01. The summed E-state index contributed by atoms with van der Waals surface area (Å²) in [5.74, 6) is 1.08. The molecule has 0 spiro atoms. The van der Waals surface area contributed by atoms with Crippen molar-refractivity contribution in [2.24, 2.45) is 5.92 Å². The van der Waals surface area contributed by atoms with Gasteiger partial charge in [0.2, 0.25) is 0 Å². The Morgan fingerprint density at radius 2 is 1.77 bits per heavy atom. The highest BCUT2D eigenvalue weighted by molar-refractivity contribution is 7.80. The zero-order chi connectivity index (χ0) is 18.5. The number of benzene rings is 2. The lowest BCUT2D eigenvalue weighted by Crippen LogP contribution is -2.42. The molecule has 0 saturated carbocycles. The molecule has 2 aromatic carbocycles. The molecule has 1 aliphatic rings. The second-order valence-electron chi connectivity index (χ2n) is 6.62. The number of hydrogen-bond acceptors (Lipinski definition) is 3. The smallest absolute Gasteiger partial charge is 0.173 e. The predicted molar refractivity (Wildman–Crippen MR) is 109 cm³/mol. The molecular formula is C21H24N2O2S. The number of hydrogen-bond donors (Lipinski definition) is 1. The minimum Gasteiger partial charge on any atom is -0.495 e. The number of carbonyl (C=O) groups is 1. The number of nitrogens with zero attached hydrogens (tertiary/aromatic N) is 1. The van der Waals surface area contributed by atoms with Gasteiger partial charge in [0.05, 0.1) is 12.8 Å². The third-order valence-corrected chi connectivity index (χ3v) is 5.20. The molecule has 136 valence electrons. The summed E-state index contributed by atoms with van der Waals surface area (Å²) in [5, 5.41) is 3.94. The van der Waals surface area contributed by atoms with Crippen LogP contribution in [0.15, 0.2) is 48.5 Å². The monoisotopic (exact) mass is 368 g/mol. The van der Waals surface area contributed by atoms with E-state index in [0.29, 0.717) is 5.11 Å². The first-order chi connectivity index (χ1) is 12.6. The lowest BCUT2D eigenvalue weighted by atomic mass is 9.89. The molecule has 0 aromatic heterocycles. The number of piperidine rings is 1. The highest BCUT2D eigenvalue weighted by Gasteiger charge is 2.27. The number of methoxy groups -OCH3 is 1. The number of ketones is 1. The fourth-order valence-corrected chi connectivity index (χ4v) is 3.53. The van der Waals surface area contributed by atoms with E-state index < -0.39 is 0 Å². The average Bonchev–Trinajstić information content (AvgIpc) is 2.68. The molecule has 0 radical (unpaired) electrons. The molecule has 1 fully saturated rings. The van der Waals surface area contributed by atoms with E-state index >= 15 is 0 Å². The Morgan fingerprint density at radius 1 is 1.12 bits per heavy atom. The van der Waals surface area contributed by atoms with E-state index in [1.165, 1.54) is 5.56 Å². The van der Waals surface area contributed by atoms with Gasteiger partial charge in [-0.3, -0.25) is 4.79 Å². The molecule has 1 aliphatic heterocycles. The summed E-state index contributed by atoms with van der Waals surface area (Å²) in [6.07, 6.45) is 1.64. The largest absolute Gasteiger partial charge is 0.495 e. The van der Waals surface area contributed by atoms with Crippen LogP contribution in [0.3, 0.4) is 0 Å². The van der Waals surface area contributed by atoms with Crippen LogP contribution in [0.2, 0.25) is 0 Å². The van der Waals surface area contributed by atoms with Crippen molar-refractivity contribution in [1.82, 2.24) is 4.90 Å². The number of rotatable bonds is 4. The van der Waals surface area contributed by atoms with Crippen molar-refractivity contribution in [2.75, 3.05) is 25.5 Å². The van der Waals surface area contributed by atoms with Gasteiger partial charge in [0.15, 0.2) is 10.9 Å². The average molecular weight is 369 g/mol. The summed E-state index contributed by atoms with van der Waals surface area (Å²) < 4.78 is 5.35. The number of para-hydroxylation sites is 2. The lowest BCUT2D eigenvalue weighted by molar-refractivity contribution is 0.0873. The maximum atomic E-state index is 12.7. The minimum absolute atomic E-state index is 0.0722. The van der Waals surface area contributed by atoms with E-state index in [4.69, 9.17) is 17.0 Å². The van der Waals surface area contributed by atoms with Crippen LogP contribution in [-0.2, 0) is 0 Å². The molecule has 0 bridgehead atoms. The van der Waals surface area contributed by atoms with Crippen LogP contribution in [0.4, 0.5) is 5.69 Å². The van der Waals surface area contributed by atoms with Gasteiger partial charge in [-0.25, -0.2) is 0 Å². The first kappa shape index (κ1) is 18.4. The van der Waals surface area contributed by atoms with Gasteiger partial charge in [0, 0.05) is 24.6 Å². The first-order valence-corrected chi connectivity index (χ1v) is 9.29. The van der Waals surface area contributed by atoms with Crippen molar-refractivity contribution < 1.29 is 9.53 Å². The number of anilines is 1. The number of likely N-dealkylation sites (tertiary alicyclic amines) is 1. The normalized spacial score (nSPS) is 14.8. The Morgan fingerprint density at radius 3 is 2.42 bits per heavy atom. The maximum absolute atomic E-state index is 12.7. The van der Waals surface area contributed by atoms with E-state index in [-0.39, 0.29) is 11.7 Å². The molecule has 0 atom stereocenters. The minimum atomic E-state index is 0.0722. The third kappa shape index (κ3) is 4.22. The van der Waals surface area contributed by atoms with Crippen molar-refractivity contribution in [1.29, 1.82) is 0 Å². The quantitative estimate of drug-likeness (QED) is 0.644. The Labute approximate surface area is 160 Å². The van der Waals surface area contributed by atoms with Crippen molar-refractivity contribution in [3.8, 4) is 5.75 Å². The van der Waals surface area contributed by atoms with Crippen LogP contribution < -0.4 is 10.1 Å². The maximum Gasteiger partial charge on any atom is 0.173 e. The van der Waals surface area contributed by atoms with Gasteiger partial charge in [-0.15, -0.1) is 0 Å². The van der Waals surface area contributed by atoms with Crippen molar-refractivity contribution in [3.05, 3.63) is 59.7 Å². The number of nitrogens with one attached hydrogen (secondary N) is 1. The molecule has 2 aromatic rings. The summed E-state index contributed by atoms with van der Waals surface area (Å²) in [7, 11) is 1.64. The summed E-state index contributed by atoms with van der Waals surface area (Å²) in [6, 6.07) is 15.6. The molecule has 0 unspecified atom stereocenters. The molecule has 5 heteroatoms. The van der Waals surface area contributed by atoms with Gasteiger partial charge >= 0.3 is 0 Å². The van der Waals surface area contributed by atoms with E-state index in [2.05, 4.69) is 10.2 Å². The molecule has 1 saturated heterocycles. The fraction of sp³-hybridized carbons (Fsp3) is 0.333. The number of ether oxygens (including phenoxy) is 1. The van der Waals surface area contributed by atoms with Crippen LogP contribution in [0, 0.1) is 12.8 Å². The van der Waals surface area contributed by atoms with Crippen LogP contribution in [0.25, 0.3) is 0 Å². The van der Waals surface area contributed by atoms with Gasteiger partial charge in [0.1, 0.15) is 5.75 Å². The molecular weight excluding hydrogens is 344 g/mol. The first-order valence-electron chi connectivity index (χ1n) is 8.88. The highest BCUT2D eigenvalue weighted by Crippen LogP contribution is 2.26. The highest BCUT2D eigenvalue weighted by atomic mass is 32.1. The Hall–Kier alpha value is -2.40. The van der Waals surface area contributed by atoms with Crippen molar-refractivity contribution in [2.45, 2.75) is 19.8 Å². The van der Waals surface area contributed by atoms with Gasteiger partial charge in [-0.05, 0) is 44.1 Å². The van der Waals surface area contributed by atoms with E-state index in [0.717, 1.165) is 42.9 Å². The molecule has 0 amide bonds. The number of carbonyl (C=O) groups excluding carboxylic acids is 1. The van der Waals surface area contributed by atoms with Crippen LogP contribution in [-0.4, -0.2) is 36.0 Å². The predicted octanol–water partition coefficient (Wildman–Crippen LogP) is 4.30. The van der Waals surface area contributed by atoms with E-state index in [9.17, 15) is 4.79 Å². The van der Waals surface area contributed by atoms with Crippen LogP contribution in [0.5, 0.6) is 5.75 Å². The molecule has 0 aliphatic carbocycles. The zero-order valence-corrected chi connectivity index (χ0v) is 16.0. The lowest BCUT2D eigenvalue weighted by Gasteiger charge is -2.33. The fourth-order valence-electron chi connectivity index (χ4n) is 3.24. The molecule has 3 rings (SSSR count). The SMILES string of the molecule is COc1ccccc1NC(=S)N1CCC(C(=O)c2ccc(C)cc2)CC1. The van der Waals surface area contributed by atoms with Crippen molar-refractivity contribution >= 4 is 28.8 Å². The van der Waals surface area contributed by atoms with Gasteiger partial charge < -0.3 is 15.0 Å². The second kappa shape index (κ2) is 8.32. The van der Waals surface area contributed by atoms with Crippen LogP contribution in [0.1, 0.15) is 28.8 Å². The van der Waals surface area contributed by atoms with Crippen molar-refractivity contribution in [3.63, 3.8) is 0 Å². The number of Topliss-reactive ketones (excluding diaryl/α,β-unsaturated/α-hetero) is 1. The molecule has 26 heavy (non-hydrogen) atoms. The van der Waals surface area contributed by atoms with Gasteiger partial charge in [0.25, 0.3) is 0 Å². The topological polar surface area (TPSA) is 41.6 Å². The Kier molecular flexibility index (Phi) is 5.89. The van der Waals surface area contributed by atoms with Gasteiger partial charge in [-0.1, -0.05) is 42.0 Å². The molecule has 1 heterocycles. The van der Waals surface area contributed by atoms with Gasteiger partial charge in [-0.2, -0.15) is 0 Å². The van der Waals surface area contributed by atoms with E-state index in [1.807, 2.05) is 55.5 Å². The number of thiocarbonyl (C=S) groups is 1. The summed E-state index contributed by atoms with van der Waals surface area (Å²) >= 11 is 5.55. The third-order valence-electron chi connectivity index (χ3n) is 4.84. The zero-order valence-electron chi connectivity index (χ0n) is 15.2. The standard InChI is InChI=1S/C21H24N2O2S/c1-15-7-9-16(10-8-15)20(24)17-11-13-23(14-12-17)21(26)22-18-5-3-4-6-19(18)25-2/h3-10,17H,11-14H2,1-2H3,(H,22,26). The van der Waals surface area contributed by atoms with Crippen LogP contribution >= 0.6 is 12.2 Å². The summed E-state index contributed by atoms with van der Waals surface area (Å²) in [5.41, 5.74) is 2.84. The summed E-state index contributed by atoms with van der Waals surface area (Å²) in [4.78, 5) is 14.8. The molecule has 4 nitrogen and oxygen atoms in total. The summed E-state index contributed by atoms with van der Waals surface area (Å²) in [6.45, 7) is 3.59.